The first-order chi connectivity index (χ1) is 1.73. The third-order valence-corrected chi connectivity index (χ3v) is 0. The van der Waals surface area contributed by atoms with Crippen LogP contribution >= 0.6 is 0 Å². The van der Waals surface area contributed by atoms with Gasteiger partial charge in [-0.25, -0.2) is 10.4 Å². The number of nitrogens with zero attached hydrogens (tertiary/aromatic N) is 1. The van der Waals surface area contributed by atoms with E-state index >= 15 is 0 Å². The second-order valence-electron chi connectivity index (χ2n) is 0.253. The maximum atomic E-state index is 8.47. The molecule has 0 bridgehead atoms. The summed E-state index contributed by atoms with van der Waals surface area (Å²) in [5, 5.41) is 12.5. The van der Waals surface area contributed by atoms with Crippen molar-refractivity contribution < 1.29 is 43.2 Å². The molecule has 78 valence electrons. The predicted octanol–water partition coefficient (Wildman–Crippen LogP) is 0.760. The minimum absolute atomic E-state index is 0. The number of nitrogens with two attached hydrogens (primary N) is 4. The second-order valence-corrected chi connectivity index (χ2v) is 0.253. The summed E-state index contributed by atoms with van der Waals surface area (Å²) in [7, 11) is 0. The van der Waals surface area contributed by atoms with Gasteiger partial charge in [0.05, 0.1) is 0 Å². The van der Waals surface area contributed by atoms with E-state index in [1.54, 1.807) is 0 Å². The molecule has 0 saturated carbocycles. The molecule has 0 unspecified atom stereocenters. The van der Waals surface area contributed by atoms with Crippen LogP contribution in [0.15, 0.2) is 0 Å². The average Bonchev–Trinajstić information content (AvgIpc) is 0.811. The van der Waals surface area contributed by atoms with Crippen molar-refractivity contribution in [2.75, 3.05) is 0 Å². The molecule has 0 aromatic heterocycles. The van der Waals surface area contributed by atoms with Gasteiger partial charge in [0, 0.05) is 0 Å². The zero-order valence-electron chi connectivity index (χ0n) is 5.39. The fourth-order valence-corrected chi connectivity index (χ4v) is 0. The third kappa shape index (κ3) is 1850. The van der Waals surface area contributed by atoms with E-state index in [4.69, 9.17) is 15.3 Å². The van der Waals surface area contributed by atoms with Gasteiger partial charge < -0.3 is 35.6 Å². The topological polar surface area (TPSA) is 258 Å². The fraction of sp³-hybridized carbons (Fsp3) is 0. The summed E-state index contributed by atoms with van der Waals surface area (Å²) < 4.78 is 0. The first-order valence-electron chi connectivity index (χ1n) is 0.583. The zero-order valence-corrected chi connectivity index (χ0v) is 6.43. The molecule has 0 aliphatic carbocycles. The van der Waals surface area contributed by atoms with Gasteiger partial charge in [-0.15, -0.1) is 0 Å². The zero-order chi connectivity index (χ0) is 3.58. The molecule has 0 rings (SSSR count). The van der Waals surface area contributed by atoms with Crippen LogP contribution in [0.1, 0.15) is 0 Å². The van der Waals surface area contributed by atoms with Crippen molar-refractivity contribution >= 4 is 0 Å². The van der Waals surface area contributed by atoms with Crippen molar-refractivity contribution in [3.8, 4) is 0 Å². The Morgan fingerprint density at radius 2 is 0.818 bits per heavy atom. The fourth-order valence-electron chi connectivity index (χ4n) is 0. The van der Waals surface area contributed by atoms with Crippen molar-refractivity contribution in [3.63, 3.8) is 0 Å². The van der Waals surface area contributed by atoms with Crippen LogP contribution in [0.25, 0.3) is 24.6 Å². The first kappa shape index (κ1) is 154. The van der Waals surface area contributed by atoms with Gasteiger partial charge in [0.2, 0.25) is 0 Å². The average molecular weight is 223 g/mol. The Morgan fingerprint density at radius 3 is 0.818 bits per heavy atom. The summed E-state index contributed by atoms with van der Waals surface area (Å²) in [5.41, 5.74) is 0. The molecule has 0 amide bonds. The van der Waals surface area contributed by atoms with Gasteiger partial charge in [-0.3, -0.25) is 0 Å². The SMILES string of the molecule is O.O.O=[N+](O)O.[Co+3].[NH2-].[NH2-].[NH2-].[NH2-]. The minimum Gasteiger partial charge on any atom is -0.693 e. The molecule has 0 spiro atoms. The molecule has 0 aliphatic heterocycles. The Kier molecular flexibility index (Phi) is 1560. The molecule has 0 heterocycles. The van der Waals surface area contributed by atoms with Gasteiger partial charge in [-0.05, 0) is 0 Å². The van der Waals surface area contributed by atoms with Crippen LogP contribution in [0.4, 0.5) is 0 Å². The summed E-state index contributed by atoms with van der Waals surface area (Å²) in [5.74, 6) is 0. The van der Waals surface area contributed by atoms with Gasteiger partial charge in [0.1, 0.15) is 4.91 Å². The normalized spacial score (nSPS) is 2.18. The van der Waals surface area contributed by atoms with Gasteiger partial charge in [0.15, 0.2) is 0 Å². The van der Waals surface area contributed by atoms with E-state index in [-0.39, 0.29) is 52.3 Å². The van der Waals surface area contributed by atoms with Crippen LogP contribution in [0.2, 0.25) is 0 Å². The summed E-state index contributed by atoms with van der Waals surface area (Å²) in [6, 6.07) is 0. The molecule has 0 fully saturated rings. The van der Waals surface area contributed by atoms with Gasteiger partial charge in [-0.1, -0.05) is 0 Å². The Labute approximate surface area is 73.6 Å². The molecule has 0 radical (unpaired) electrons. The molecule has 0 aromatic rings. The number of rotatable bonds is 0. The Balaban J connectivity index is -0.00000000214. The van der Waals surface area contributed by atoms with Crippen molar-refractivity contribution in [1.29, 1.82) is 0 Å². The summed E-state index contributed by atoms with van der Waals surface area (Å²) in [6.07, 6.45) is 0. The Bertz CT molecular complexity index is 37.9. The van der Waals surface area contributed by atoms with Crippen LogP contribution in [0, 0.1) is 4.91 Å². The van der Waals surface area contributed by atoms with E-state index in [2.05, 4.69) is 0 Å². The summed E-state index contributed by atoms with van der Waals surface area (Å²) in [4.78, 5) is 8.47. The van der Waals surface area contributed by atoms with Crippen molar-refractivity contribution in [1.82, 2.24) is 0 Å². The second kappa shape index (κ2) is 112. The maximum Gasteiger partial charge on any atom is 3.00 e. The van der Waals surface area contributed by atoms with Crippen LogP contribution < -0.4 is 0 Å². The monoisotopic (exact) mass is 223 g/mol. The predicted molar refractivity (Wildman–Crippen MR) is 35.6 cm³/mol. The van der Waals surface area contributed by atoms with E-state index < -0.39 is 5.09 Å². The molecule has 0 aliphatic rings. The van der Waals surface area contributed by atoms with Crippen LogP contribution in [0.3, 0.4) is 0 Å². The molecule has 10 nitrogen and oxygen atoms in total. The number of hydrogen-bond acceptors (Lipinski definition) is 1. The number of hydrogen-bond donors (Lipinski definition) is 2. The van der Waals surface area contributed by atoms with Crippen molar-refractivity contribution in [2.24, 2.45) is 0 Å². The standard InChI is InChI=1S/Co.H2NO3.4H2N.2H2O/c;2-1(3)4;;;;;;/h;(H2,2,3,4);6*1H2/q+3;+1;4*-1;;. The smallest absolute Gasteiger partial charge is 0.693 e. The molecular weight excluding hydrogens is 209 g/mol. The third-order valence-electron chi connectivity index (χ3n) is 0. The van der Waals surface area contributed by atoms with Crippen LogP contribution in [-0.4, -0.2) is 26.5 Å². The van der Waals surface area contributed by atoms with Gasteiger partial charge >= 0.3 is 21.9 Å². The largest absolute Gasteiger partial charge is 3.00 e. The van der Waals surface area contributed by atoms with Gasteiger partial charge in [-0.2, -0.15) is 0 Å². The van der Waals surface area contributed by atoms with Crippen LogP contribution in [0.5, 0.6) is 0 Å². The first-order valence-corrected chi connectivity index (χ1v) is 0.583. The molecule has 14 N–H and O–H groups in total. The van der Waals surface area contributed by atoms with E-state index in [1.807, 2.05) is 0 Å². The van der Waals surface area contributed by atoms with Crippen LogP contribution in [-0.2, 0) is 16.8 Å². The van der Waals surface area contributed by atoms with Crippen molar-refractivity contribution in [2.45, 2.75) is 0 Å². The van der Waals surface area contributed by atoms with Gasteiger partial charge in [0.25, 0.3) is 0 Å². The summed E-state index contributed by atoms with van der Waals surface area (Å²) in [6.45, 7) is 0. The molecule has 11 heteroatoms. The quantitative estimate of drug-likeness (QED) is 0.563. The van der Waals surface area contributed by atoms with E-state index in [0.29, 0.717) is 0 Å². The molecule has 11 heavy (non-hydrogen) atoms. The minimum atomic E-state index is -1.25. The Hall–Kier alpha value is -0.534. The summed E-state index contributed by atoms with van der Waals surface area (Å²) >= 11 is 0. The molecule has 0 atom stereocenters. The van der Waals surface area contributed by atoms with E-state index in [1.165, 1.54) is 0 Å². The van der Waals surface area contributed by atoms with Crippen molar-refractivity contribution in [3.05, 3.63) is 29.5 Å². The molecule has 0 aromatic carbocycles. The molecular formula is H14CoN5O5. The Morgan fingerprint density at radius 1 is 0.818 bits per heavy atom. The maximum absolute atomic E-state index is 8.47. The molecule has 0 saturated heterocycles. The van der Waals surface area contributed by atoms with E-state index in [0.717, 1.165) is 0 Å². The van der Waals surface area contributed by atoms with E-state index in [9.17, 15) is 0 Å².